The monoisotopic (exact) mass is 282 g/mol. The fraction of sp³-hybridized carbons (Fsp3) is 0.800. The van der Waals surface area contributed by atoms with E-state index in [9.17, 15) is 5.11 Å². The molecule has 1 N–H and O–H groups in total. The maximum atomic E-state index is 9.54. The second-order valence-electron chi connectivity index (χ2n) is 5.83. The predicted molar refractivity (Wildman–Crippen MR) is 81.9 cm³/mol. The first-order chi connectivity index (χ1) is 9.08. The molecule has 0 amide bonds. The quantitative estimate of drug-likeness (QED) is 0.913. The summed E-state index contributed by atoms with van der Waals surface area (Å²) in [5, 5.41) is 10.7. The molecular weight excluding hydrogens is 256 g/mol. The molecule has 19 heavy (non-hydrogen) atoms. The molecule has 3 unspecified atom stereocenters. The Morgan fingerprint density at radius 1 is 1.47 bits per heavy atom. The minimum Gasteiger partial charge on any atom is -0.391 e. The van der Waals surface area contributed by atoms with E-state index in [-0.39, 0.29) is 6.61 Å². The van der Waals surface area contributed by atoms with Crippen LogP contribution in [0.5, 0.6) is 0 Å². The Bertz CT molecular complexity index is 418. The van der Waals surface area contributed by atoms with Gasteiger partial charge in [0.05, 0.1) is 17.2 Å². The Kier molecular flexibility index (Phi) is 4.85. The van der Waals surface area contributed by atoms with E-state index < -0.39 is 0 Å². The molecule has 0 bridgehead atoms. The van der Waals surface area contributed by atoms with Gasteiger partial charge >= 0.3 is 0 Å². The molecule has 0 aliphatic carbocycles. The minimum absolute atomic E-state index is 0.120. The van der Waals surface area contributed by atoms with E-state index in [1.165, 1.54) is 12.8 Å². The molecule has 2 rings (SSSR count). The number of piperidine rings is 1. The van der Waals surface area contributed by atoms with Crippen LogP contribution in [0.3, 0.4) is 0 Å². The third kappa shape index (κ3) is 2.95. The van der Waals surface area contributed by atoms with Crippen LogP contribution in [0.15, 0.2) is 0 Å². The zero-order valence-corrected chi connectivity index (χ0v) is 13.3. The van der Waals surface area contributed by atoms with Gasteiger partial charge in [-0.05, 0) is 38.0 Å². The number of rotatable bonds is 4. The van der Waals surface area contributed by atoms with Crippen molar-refractivity contribution in [1.82, 2.24) is 4.98 Å². The SMILES string of the molecule is CCC(C)c1nc(N2CCCC(C)C2C)sc1CO. The second kappa shape index (κ2) is 6.23. The third-order valence-electron chi connectivity index (χ3n) is 4.56. The largest absolute Gasteiger partial charge is 0.391 e. The van der Waals surface area contributed by atoms with Crippen molar-refractivity contribution >= 4 is 16.5 Å². The Morgan fingerprint density at radius 2 is 2.21 bits per heavy atom. The number of hydrogen-bond acceptors (Lipinski definition) is 4. The fourth-order valence-electron chi connectivity index (χ4n) is 2.77. The molecule has 3 atom stereocenters. The number of anilines is 1. The average molecular weight is 282 g/mol. The van der Waals surface area contributed by atoms with Crippen LogP contribution in [0.25, 0.3) is 0 Å². The molecule has 1 aromatic rings. The lowest BCUT2D eigenvalue weighted by molar-refractivity contribution is 0.283. The molecule has 0 aromatic carbocycles. The third-order valence-corrected chi connectivity index (χ3v) is 5.65. The summed E-state index contributed by atoms with van der Waals surface area (Å²) in [7, 11) is 0. The Hall–Kier alpha value is -0.610. The summed E-state index contributed by atoms with van der Waals surface area (Å²) in [4.78, 5) is 8.33. The number of aromatic nitrogens is 1. The highest BCUT2D eigenvalue weighted by Gasteiger charge is 2.28. The Morgan fingerprint density at radius 3 is 2.84 bits per heavy atom. The molecule has 1 aliphatic heterocycles. The van der Waals surface area contributed by atoms with Gasteiger partial charge in [-0.25, -0.2) is 4.98 Å². The highest BCUT2D eigenvalue weighted by molar-refractivity contribution is 7.15. The van der Waals surface area contributed by atoms with Gasteiger partial charge in [-0.1, -0.05) is 32.1 Å². The van der Waals surface area contributed by atoms with Crippen LogP contribution < -0.4 is 4.90 Å². The van der Waals surface area contributed by atoms with Crippen LogP contribution >= 0.6 is 11.3 Å². The molecule has 1 saturated heterocycles. The molecule has 0 radical (unpaired) electrons. The molecule has 0 spiro atoms. The van der Waals surface area contributed by atoms with Gasteiger partial charge in [0, 0.05) is 12.6 Å². The first-order valence-corrected chi connectivity index (χ1v) is 8.27. The molecule has 0 saturated carbocycles. The summed E-state index contributed by atoms with van der Waals surface area (Å²) >= 11 is 1.68. The molecule has 4 heteroatoms. The van der Waals surface area contributed by atoms with Crippen LogP contribution in [0.2, 0.25) is 0 Å². The van der Waals surface area contributed by atoms with Crippen molar-refractivity contribution in [3.05, 3.63) is 10.6 Å². The normalized spacial score (nSPS) is 25.6. The summed E-state index contributed by atoms with van der Waals surface area (Å²) in [6.07, 6.45) is 3.63. The van der Waals surface area contributed by atoms with Crippen molar-refractivity contribution in [3.8, 4) is 0 Å². The maximum absolute atomic E-state index is 9.54. The van der Waals surface area contributed by atoms with Crippen molar-refractivity contribution in [2.75, 3.05) is 11.4 Å². The minimum atomic E-state index is 0.120. The predicted octanol–water partition coefficient (Wildman–Crippen LogP) is 3.77. The van der Waals surface area contributed by atoms with Gasteiger partial charge in [0.2, 0.25) is 0 Å². The lowest BCUT2D eigenvalue weighted by Gasteiger charge is -2.37. The smallest absolute Gasteiger partial charge is 0.186 e. The van der Waals surface area contributed by atoms with Crippen LogP contribution in [0.4, 0.5) is 5.13 Å². The molecular formula is C15H26N2OS. The van der Waals surface area contributed by atoms with E-state index in [0.29, 0.717) is 12.0 Å². The van der Waals surface area contributed by atoms with Gasteiger partial charge in [0.15, 0.2) is 5.13 Å². The highest BCUT2D eigenvalue weighted by atomic mass is 32.1. The van der Waals surface area contributed by atoms with Crippen LogP contribution in [0.1, 0.15) is 63.4 Å². The van der Waals surface area contributed by atoms with Gasteiger partial charge in [0.25, 0.3) is 0 Å². The molecule has 108 valence electrons. The van der Waals surface area contributed by atoms with Crippen LogP contribution in [-0.2, 0) is 6.61 Å². The van der Waals surface area contributed by atoms with E-state index in [0.717, 1.165) is 34.6 Å². The lowest BCUT2D eigenvalue weighted by Crippen LogP contribution is -2.42. The van der Waals surface area contributed by atoms with E-state index in [1.807, 2.05) is 0 Å². The van der Waals surface area contributed by atoms with E-state index in [1.54, 1.807) is 11.3 Å². The Labute approximate surface area is 120 Å². The maximum Gasteiger partial charge on any atom is 0.186 e. The van der Waals surface area contributed by atoms with Gasteiger partial charge in [-0.15, -0.1) is 0 Å². The number of nitrogens with zero attached hydrogens (tertiary/aromatic N) is 2. The van der Waals surface area contributed by atoms with Crippen molar-refractivity contribution in [1.29, 1.82) is 0 Å². The number of thiazole rings is 1. The topological polar surface area (TPSA) is 36.4 Å². The van der Waals surface area contributed by atoms with Crippen LogP contribution in [-0.4, -0.2) is 22.7 Å². The zero-order chi connectivity index (χ0) is 14.0. The first kappa shape index (κ1) is 14.8. The summed E-state index contributed by atoms with van der Waals surface area (Å²) in [5.41, 5.74) is 1.11. The van der Waals surface area contributed by atoms with Gasteiger partial charge in [0.1, 0.15) is 0 Å². The number of aliphatic hydroxyl groups excluding tert-OH is 1. The lowest BCUT2D eigenvalue weighted by atomic mass is 9.92. The first-order valence-electron chi connectivity index (χ1n) is 7.45. The van der Waals surface area contributed by atoms with Crippen molar-refractivity contribution in [2.45, 2.75) is 65.5 Å². The van der Waals surface area contributed by atoms with E-state index in [4.69, 9.17) is 4.98 Å². The molecule has 3 nitrogen and oxygen atoms in total. The standard InChI is InChI=1S/C15H26N2OS/c1-5-10(2)14-13(9-18)19-15(16-14)17-8-6-7-11(3)12(17)4/h10-12,18H,5-9H2,1-4H3. The van der Waals surface area contributed by atoms with Crippen LogP contribution in [0, 0.1) is 5.92 Å². The fourth-order valence-corrected chi connectivity index (χ4v) is 3.93. The van der Waals surface area contributed by atoms with Crippen molar-refractivity contribution < 1.29 is 5.11 Å². The molecule has 1 aromatic heterocycles. The number of hydrogen-bond donors (Lipinski definition) is 1. The van der Waals surface area contributed by atoms with E-state index in [2.05, 4.69) is 32.6 Å². The van der Waals surface area contributed by atoms with Gasteiger partial charge < -0.3 is 10.0 Å². The summed E-state index contributed by atoms with van der Waals surface area (Å²) in [6.45, 7) is 10.2. The molecule has 1 fully saturated rings. The number of aliphatic hydroxyl groups is 1. The highest BCUT2D eigenvalue weighted by Crippen LogP contribution is 2.36. The zero-order valence-electron chi connectivity index (χ0n) is 12.5. The van der Waals surface area contributed by atoms with Crippen molar-refractivity contribution in [3.63, 3.8) is 0 Å². The summed E-state index contributed by atoms with van der Waals surface area (Å²) < 4.78 is 0. The average Bonchev–Trinajstić information content (AvgIpc) is 2.85. The van der Waals surface area contributed by atoms with Gasteiger partial charge in [-0.2, -0.15) is 0 Å². The molecule has 2 heterocycles. The van der Waals surface area contributed by atoms with Gasteiger partial charge in [-0.3, -0.25) is 0 Å². The summed E-state index contributed by atoms with van der Waals surface area (Å²) in [5.74, 6) is 1.16. The summed E-state index contributed by atoms with van der Waals surface area (Å²) in [6, 6.07) is 0.552. The molecule has 1 aliphatic rings. The Balaban J connectivity index is 2.27. The van der Waals surface area contributed by atoms with E-state index >= 15 is 0 Å². The second-order valence-corrected chi connectivity index (χ2v) is 6.89. The van der Waals surface area contributed by atoms with Crippen molar-refractivity contribution in [2.24, 2.45) is 5.92 Å².